The first-order valence-electron chi connectivity index (χ1n) is 33.4. The predicted octanol–water partition coefficient (Wildman–Crippen LogP) is 25.7. The van der Waals surface area contributed by atoms with E-state index in [1.807, 2.05) is 0 Å². The summed E-state index contributed by atoms with van der Waals surface area (Å²) in [5, 5.41) is 0. The molecule has 0 heterocycles. The van der Waals surface area contributed by atoms with E-state index >= 15 is 0 Å². The van der Waals surface area contributed by atoms with Crippen molar-refractivity contribution in [2.75, 3.05) is 0 Å². The monoisotopic (exact) mass is 1120 g/mol. The highest BCUT2D eigenvalue weighted by Crippen LogP contribution is 2.38. The smallest absolute Gasteiger partial charge is 0.0389 e. The van der Waals surface area contributed by atoms with Crippen molar-refractivity contribution in [2.24, 2.45) is 71.0 Å². The topological polar surface area (TPSA) is 0 Å². The molecule has 462 valence electrons. The van der Waals surface area contributed by atoms with Crippen LogP contribution in [0, 0.1) is 182 Å². The van der Waals surface area contributed by atoms with Crippen LogP contribution in [0.15, 0.2) is 84.9 Å². The van der Waals surface area contributed by atoms with E-state index in [4.69, 9.17) is 0 Å². The first-order chi connectivity index (χ1) is 38.2. The molecule has 5 aromatic rings. The van der Waals surface area contributed by atoms with Crippen molar-refractivity contribution < 1.29 is 0 Å². The van der Waals surface area contributed by atoms with Crippen molar-refractivity contribution >= 4 is 0 Å². The molecule has 5 aromatic carbocycles. The largest absolute Gasteiger partial charge is 0.0625 e. The fourth-order valence-electron chi connectivity index (χ4n) is 11.9. The molecule has 82 heavy (non-hydrogen) atoms. The van der Waals surface area contributed by atoms with E-state index in [0.29, 0.717) is 0 Å². The predicted molar refractivity (Wildman–Crippen MR) is 373 cm³/mol. The van der Waals surface area contributed by atoms with E-state index in [1.165, 1.54) is 166 Å². The molecule has 4 fully saturated rings. The normalized spacial score (nSPS) is 25.2. The number of aryl methyl sites for hydroxylation is 13. The fourth-order valence-corrected chi connectivity index (χ4v) is 11.9. The SMILES string of the molecule is CC1CCC(C)C(C)C1.CC1CCC(C)C(C)C1.CC1CCC(C)C(C)C1C.CC1CCC(C)CC1.Cc1cc(C)c(C)c(C)c1.Cc1ccc(C)c(C)c1.Cc1ccc(C)c(C)c1.Cc1ccc(C)c(C)c1C.Cc1ccc(C)cc1. The van der Waals surface area contributed by atoms with Crippen LogP contribution < -0.4 is 0 Å². The second kappa shape index (κ2) is 39.7. The van der Waals surface area contributed by atoms with E-state index in [9.17, 15) is 0 Å². The third-order valence-electron chi connectivity index (χ3n) is 20.7. The van der Waals surface area contributed by atoms with Gasteiger partial charge in [0.2, 0.25) is 0 Å². The first kappa shape index (κ1) is 76.1. The van der Waals surface area contributed by atoms with E-state index < -0.39 is 0 Å². The second-order valence-corrected chi connectivity index (χ2v) is 28.7. The Labute approximate surface area is 513 Å². The molecule has 0 radical (unpaired) electrons. The minimum atomic E-state index is 0.948. The maximum Gasteiger partial charge on any atom is -0.0389 e. The zero-order valence-corrected chi connectivity index (χ0v) is 59.5. The minimum absolute atomic E-state index is 0.948. The summed E-state index contributed by atoms with van der Waals surface area (Å²) in [5.41, 5.74) is 22.1. The lowest BCUT2D eigenvalue weighted by atomic mass is 9.69. The van der Waals surface area contributed by atoms with Crippen LogP contribution in [-0.2, 0) is 0 Å². The van der Waals surface area contributed by atoms with E-state index in [-0.39, 0.29) is 0 Å². The van der Waals surface area contributed by atoms with Crippen LogP contribution in [0.25, 0.3) is 0 Å². The van der Waals surface area contributed by atoms with Crippen molar-refractivity contribution in [1.82, 2.24) is 0 Å². The highest BCUT2D eigenvalue weighted by atomic mass is 14.3. The van der Waals surface area contributed by atoms with Gasteiger partial charge in [0.25, 0.3) is 0 Å². The summed E-state index contributed by atoms with van der Waals surface area (Å²) < 4.78 is 0. The molecule has 0 nitrogen and oxygen atoms in total. The summed E-state index contributed by atoms with van der Waals surface area (Å²) in [6, 6.07) is 30.3. The Kier molecular flexibility index (Phi) is 36.8. The van der Waals surface area contributed by atoms with Gasteiger partial charge >= 0.3 is 0 Å². The zero-order chi connectivity index (χ0) is 62.6. The lowest BCUT2D eigenvalue weighted by Gasteiger charge is -2.36. The van der Waals surface area contributed by atoms with Crippen LogP contribution in [0.4, 0.5) is 0 Å². The molecule has 4 aliphatic carbocycles. The highest BCUT2D eigenvalue weighted by Gasteiger charge is 2.28. The molecular formula is C82H134. The maximum absolute atomic E-state index is 2.41. The Morgan fingerprint density at radius 3 is 0.732 bits per heavy atom. The van der Waals surface area contributed by atoms with E-state index in [0.717, 1.165) is 71.0 Å². The molecule has 0 bridgehead atoms. The molecule has 0 N–H and O–H groups in total. The van der Waals surface area contributed by atoms with Gasteiger partial charge in [-0.3, -0.25) is 0 Å². The van der Waals surface area contributed by atoms with Crippen molar-refractivity contribution in [2.45, 2.75) is 271 Å². The van der Waals surface area contributed by atoms with E-state index in [1.54, 1.807) is 0 Å². The molecule has 0 amide bonds. The number of hydrogen-bond donors (Lipinski definition) is 0. The number of hydrogen-bond acceptors (Lipinski definition) is 0. The lowest BCUT2D eigenvalue weighted by Crippen LogP contribution is -2.27. The van der Waals surface area contributed by atoms with Gasteiger partial charge in [-0.05, 0) is 256 Å². The van der Waals surface area contributed by atoms with Gasteiger partial charge in [0.15, 0.2) is 0 Å². The Bertz CT molecular complexity index is 2320. The summed E-state index contributed by atoms with van der Waals surface area (Å²) in [5.74, 6) is 11.8. The maximum atomic E-state index is 2.41. The second-order valence-electron chi connectivity index (χ2n) is 28.7. The molecule has 0 aromatic heterocycles. The molecule has 0 spiro atoms. The summed E-state index contributed by atoms with van der Waals surface area (Å²) in [6.45, 7) is 62.9. The van der Waals surface area contributed by atoms with Gasteiger partial charge in [-0.15, -0.1) is 0 Å². The van der Waals surface area contributed by atoms with Crippen LogP contribution in [0.1, 0.15) is 249 Å². The van der Waals surface area contributed by atoms with Crippen molar-refractivity contribution in [3.63, 3.8) is 0 Å². The third-order valence-corrected chi connectivity index (χ3v) is 20.7. The van der Waals surface area contributed by atoms with Crippen molar-refractivity contribution in [1.29, 1.82) is 0 Å². The van der Waals surface area contributed by atoms with Crippen molar-refractivity contribution in [3.05, 3.63) is 174 Å². The molecule has 4 aliphatic rings. The Morgan fingerprint density at radius 2 is 0.463 bits per heavy atom. The molecular weight excluding hydrogens is 985 g/mol. The molecule has 0 heteroatoms. The van der Waals surface area contributed by atoms with Gasteiger partial charge in [0.05, 0.1) is 0 Å². The Morgan fingerprint density at radius 1 is 0.207 bits per heavy atom. The van der Waals surface area contributed by atoms with E-state index in [2.05, 4.69) is 279 Å². The van der Waals surface area contributed by atoms with Crippen LogP contribution in [0.5, 0.6) is 0 Å². The fraction of sp³-hybridized carbons (Fsp3) is 0.634. The standard InChI is InChI=1S/C10H14.C10H20.C10H14.2C9H18.2C9H12.C8H16.C8H10/c1-7-5-8(2)10(4)9(3)6-7;2*1-7-5-6-8(2)10(4)9(7)3;4*1-7-4-5-8(2)9(3)6-7;2*1-7-3-5-8(2)6-4-7/h5-6H,1-4H3;7-10H,5-6H2,1-4H3;5-6H,1-4H3;2*7-9H,4-6H2,1-3H3;2*4-6H,1-3H3;7-8H,3-6H2,1-2H3;3-6H,1-2H3. The summed E-state index contributed by atoms with van der Waals surface area (Å²) in [6.07, 6.45) is 17.6. The average molecular weight is 1120 g/mol. The van der Waals surface area contributed by atoms with Crippen LogP contribution in [0.2, 0.25) is 0 Å². The Hall–Kier alpha value is -3.90. The zero-order valence-electron chi connectivity index (χ0n) is 59.5. The van der Waals surface area contributed by atoms with Gasteiger partial charge < -0.3 is 0 Å². The van der Waals surface area contributed by atoms with Gasteiger partial charge in [0, 0.05) is 0 Å². The lowest BCUT2D eigenvalue weighted by molar-refractivity contribution is 0.137. The van der Waals surface area contributed by atoms with Gasteiger partial charge in [-0.2, -0.15) is 0 Å². The van der Waals surface area contributed by atoms with Crippen LogP contribution >= 0.6 is 0 Å². The third kappa shape index (κ3) is 30.8. The van der Waals surface area contributed by atoms with Crippen LogP contribution in [0.3, 0.4) is 0 Å². The van der Waals surface area contributed by atoms with Crippen molar-refractivity contribution in [3.8, 4) is 0 Å². The summed E-state index contributed by atoms with van der Waals surface area (Å²) in [4.78, 5) is 0. The average Bonchev–Trinajstić information content (AvgIpc) is 3.43. The molecule has 4 saturated carbocycles. The minimum Gasteiger partial charge on any atom is -0.0625 e. The highest BCUT2D eigenvalue weighted by molar-refractivity contribution is 5.38. The van der Waals surface area contributed by atoms with Crippen LogP contribution in [-0.4, -0.2) is 0 Å². The molecule has 0 saturated heterocycles. The van der Waals surface area contributed by atoms with Gasteiger partial charge in [-0.25, -0.2) is 0 Å². The molecule has 0 aliphatic heterocycles. The Balaban J connectivity index is 0.000000462. The molecule has 10 unspecified atom stereocenters. The van der Waals surface area contributed by atoms with Gasteiger partial charge in [-0.1, -0.05) is 260 Å². The van der Waals surface area contributed by atoms with Gasteiger partial charge in [0.1, 0.15) is 0 Å². The first-order valence-corrected chi connectivity index (χ1v) is 33.4. The molecule has 10 atom stereocenters. The number of rotatable bonds is 0. The molecule has 9 rings (SSSR count). The summed E-state index contributed by atoms with van der Waals surface area (Å²) in [7, 11) is 0. The quantitative estimate of drug-likeness (QED) is 0.145. The number of benzene rings is 5. The summed E-state index contributed by atoms with van der Waals surface area (Å²) >= 11 is 0.